The van der Waals surface area contributed by atoms with Crippen LogP contribution >= 0.6 is 15.9 Å². The highest BCUT2D eigenvalue weighted by atomic mass is 79.9. The van der Waals surface area contributed by atoms with Crippen molar-refractivity contribution >= 4 is 33.7 Å². The average molecular weight is 345 g/mol. The maximum atomic E-state index is 11.7. The molecule has 0 spiro atoms. The van der Waals surface area contributed by atoms with Crippen LogP contribution in [0.5, 0.6) is 0 Å². The zero-order valence-electron chi connectivity index (χ0n) is 11.4. The van der Waals surface area contributed by atoms with Gasteiger partial charge in [-0.3, -0.25) is 10.1 Å². The van der Waals surface area contributed by atoms with Crippen LogP contribution in [0.25, 0.3) is 0 Å². The number of nitrogens with two attached hydrogens (primary N) is 1. The van der Waals surface area contributed by atoms with Crippen LogP contribution in [-0.2, 0) is 9.53 Å². The number of hydrogen-bond donors (Lipinski definition) is 3. The predicted octanol–water partition coefficient (Wildman–Crippen LogP) is 2.88. The van der Waals surface area contributed by atoms with E-state index in [9.17, 15) is 9.59 Å². The Labute approximate surface area is 125 Å². The van der Waals surface area contributed by atoms with E-state index in [1.54, 1.807) is 32.9 Å². The number of benzene rings is 1. The summed E-state index contributed by atoms with van der Waals surface area (Å²) in [5.41, 5.74) is 5.69. The summed E-state index contributed by atoms with van der Waals surface area (Å²) in [5.74, 6) is -1.14. The van der Waals surface area contributed by atoms with Gasteiger partial charge in [-0.1, -0.05) is 6.07 Å². The zero-order chi connectivity index (χ0) is 15.5. The van der Waals surface area contributed by atoms with E-state index in [0.29, 0.717) is 15.7 Å². The maximum Gasteiger partial charge on any atom is 0.412 e. The summed E-state index contributed by atoms with van der Waals surface area (Å²) in [6.07, 6.45) is -0.626. The number of carbonyl (C=O) groups is 2. The predicted molar refractivity (Wildman–Crippen MR) is 78.6 cm³/mol. The van der Waals surface area contributed by atoms with Crippen molar-refractivity contribution in [1.82, 2.24) is 0 Å². The number of carboxylic acid groups (broad SMARTS) is 1. The summed E-state index contributed by atoms with van der Waals surface area (Å²) in [7, 11) is 0. The van der Waals surface area contributed by atoms with Gasteiger partial charge in [0.2, 0.25) is 0 Å². The lowest BCUT2D eigenvalue weighted by molar-refractivity contribution is -0.138. The summed E-state index contributed by atoms with van der Waals surface area (Å²) in [6, 6.07) is 3.53. The Bertz CT molecular complexity index is 526. The third kappa shape index (κ3) is 4.82. The lowest BCUT2D eigenvalue weighted by atomic mass is 10.1. The zero-order valence-corrected chi connectivity index (χ0v) is 13.0. The van der Waals surface area contributed by atoms with Crippen LogP contribution in [0.1, 0.15) is 32.4 Å². The fraction of sp³-hybridized carbons (Fsp3) is 0.385. The molecule has 1 aromatic rings. The molecular weight excluding hydrogens is 328 g/mol. The molecule has 0 saturated carbocycles. The first-order valence-corrected chi connectivity index (χ1v) is 6.67. The molecule has 1 rings (SSSR count). The number of ether oxygens (including phenoxy) is 1. The second-order valence-corrected chi connectivity index (χ2v) is 6.04. The molecule has 0 heterocycles. The van der Waals surface area contributed by atoms with Crippen LogP contribution in [0.15, 0.2) is 22.7 Å². The molecule has 7 heteroatoms. The minimum Gasteiger partial charge on any atom is -0.480 e. The molecule has 0 aliphatic carbocycles. The quantitative estimate of drug-likeness (QED) is 0.782. The monoisotopic (exact) mass is 344 g/mol. The van der Waals surface area contributed by atoms with Crippen molar-refractivity contribution in [1.29, 1.82) is 0 Å². The van der Waals surface area contributed by atoms with E-state index in [1.165, 1.54) is 6.07 Å². The Morgan fingerprint density at radius 2 is 2.00 bits per heavy atom. The number of rotatable bonds is 3. The number of nitrogens with one attached hydrogen (secondary N) is 1. The van der Waals surface area contributed by atoms with Gasteiger partial charge in [-0.05, 0) is 54.4 Å². The smallest absolute Gasteiger partial charge is 0.412 e. The number of carboxylic acids is 1. The van der Waals surface area contributed by atoms with Crippen molar-refractivity contribution in [3.8, 4) is 0 Å². The number of carbonyl (C=O) groups excluding carboxylic acids is 1. The fourth-order valence-electron chi connectivity index (χ4n) is 1.39. The third-order valence-electron chi connectivity index (χ3n) is 2.25. The van der Waals surface area contributed by atoms with Gasteiger partial charge < -0.3 is 15.6 Å². The van der Waals surface area contributed by atoms with Gasteiger partial charge in [0.15, 0.2) is 0 Å². The summed E-state index contributed by atoms with van der Waals surface area (Å²) in [6.45, 7) is 5.25. The van der Waals surface area contributed by atoms with E-state index < -0.39 is 23.7 Å². The maximum absolute atomic E-state index is 11.7. The van der Waals surface area contributed by atoms with Gasteiger partial charge in [-0.2, -0.15) is 0 Å². The van der Waals surface area contributed by atoms with Crippen LogP contribution in [0.4, 0.5) is 10.5 Å². The van der Waals surface area contributed by atoms with Gasteiger partial charge in [0.05, 0.1) is 5.69 Å². The van der Waals surface area contributed by atoms with Crippen molar-refractivity contribution in [3.05, 3.63) is 28.2 Å². The molecule has 0 radical (unpaired) electrons. The molecule has 1 aromatic carbocycles. The summed E-state index contributed by atoms with van der Waals surface area (Å²) >= 11 is 3.27. The minimum atomic E-state index is -1.15. The van der Waals surface area contributed by atoms with Gasteiger partial charge in [0.1, 0.15) is 11.6 Å². The lowest BCUT2D eigenvalue weighted by Gasteiger charge is -2.20. The lowest BCUT2D eigenvalue weighted by Crippen LogP contribution is -2.27. The van der Waals surface area contributed by atoms with E-state index in [-0.39, 0.29) is 0 Å². The summed E-state index contributed by atoms with van der Waals surface area (Å²) < 4.78 is 5.73. The van der Waals surface area contributed by atoms with Crippen molar-refractivity contribution in [2.24, 2.45) is 5.73 Å². The molecule has 1 unspecified atom stereocenters. The standard InChI is InChI=1S/C13H17BrN2O4/c1-13(2,3)20-12(19)16-9-6-7(4-5-8(9)14)10(15)11(17)18/h4-6,10H,15H2,1-3H3,(H,16,19)(H,17,18). The summed E-state index contributed by atoms with van der Waals surface area (Å²) in [5, 5.41) is 11.4. The Hall–Kier alpha value is -1.60. The van der Waals surface area contributed by atoms with Crippen molar-refractivity contribution < 1.29 is 19.4 Å². The van der Waals surface area contributed by atoms with E-state index >= 15 is 0 Å². The first kappa shape index (κ1) is 16.5. The van der Waals surface area contributed by atoms with Crippen LogP contribution < -0.4 is 11.1 Å². The first-order chi connectivity index (χ1) is 9.10. The molecule has 20 heavy (non-hydrogen) atoms. The number of amides is 1. The van der Waals surface area contributed by atoms with Gasteiger partial charge in [0, 0.05) is 4.47 Å². The molecule has 1 atom stereocenters. The molecule has 4 N–H and O–H groups in total. The topological polar surface area (TPSA) is 102 Å². The van der Waals surface area contributed by atoms with Crippen LogP contribution in [0, 0.1) is 0 Å². The van der Waals surface area contributed by atoms with E-state index in [2.05, 4.69) is 21.2 Å². The van der Waals surface area contributed by atoms with Crippen LogP contribution in [0.2, 0.25) is 0 Å². The Morgan fingerprint density at radius 1 is 1.40 bits per heavy atom. The normalized spacial score (nSPS) is 12.7. The third-order valence-corrected chi connectivity index (χ3v) is 2.94. The highest BCUT2D eigenvalue weighted by molar-refractivity contribution is 9.10. The molecular formula is C13H17BrN2O4. The fourth-order valence-corrected chi connectivity index (χ4v) is 1.73. The van der Waals surface area contributed by atoms with Gasteiger partial charge >= 0.3 is 12.1 Å². The van der Waals surface area contributed by atoms with Crippen LogP contribution in [0.3, 0.4) is 0 Å². The number of hydrogen-bond acceptors (Lipinski definition) is 4. The second kappa shape index (κ2) is 6.23. The Kier molecular flexibility index (Phi) is 5.13. The van der Waals surface area contributed by atoms with Crippen molar-refractivity contribution in [3.63, 3.8) is 0 Å². The largest absolute Gasteiger partial charge is 0.480 e. The average Bonchev–Trinajstić information content (AvgIpc) is 2.28. The molecule has 0 bridgehead atoms. The molecule has 6 nitrogen and oxygen atoms in total. The summed E-state index contributed by atoms with van der Waals surface area (Å²) in [4.78, 5) is 22.6. The first-order valence-electron chi connectivity index (χ1n) is 5.88. The highest BCUT2D eigenvalue weighted by Gasteiger charge is 2.19. The number of halogens is 1. The molecule has 0 saturated heterocycles. The van der Waals surface area contributed by atoms with Crippen molar-refractivity contribution in [2.75, 3.05) is 5.32 Å². The SMILES string of the molecule is CC(C)(C)OC(=O)Nc1cc(C(N)C(=O)O)ccc1Br. The van der Waals surface area contributed by atoms with Gasteiger partial charge in [-0.25, -0.2) is 4.79 Å². The van der Waals surface area contributed by atoms with Crippen molar-refractivity contribution in [2.45, 2.75) is 32.4 Å². The van der Waals surface area contributed by atoms with Gasteiger partial charge in [0.25, 0.3) is 0 Å². The van der Waals surface area contributed by atoms with E-state index in [1.807, 2.05) is 0 Å². The minimum absolute atomic E-state index is 0.381. The van der Waals surface area contributed by atoms with E-state index in [4.69, 9.17) is 15.6 Å². The highest BCUT2D eigenvalue weighted by Crippen LogP contribution is 2.26. The molecule has 110 valence electrons. The number of aliphatic carboxylic acids is 1. The molecule has 1 amide bonds. The molecule has 0 aliphatic rings. The van der Waals surface area contributed by atoms with E-state index in [0.717, 1.165) is 0 Å². The second-order valence-electron chi connectivity index (χ2n) is 5.18. The molecule has 0 aliphatic heterocycles. The molecule has 0 fully saturated rings. The van der Waals surface area contributed by atoms with Crippen LogP contribution in [-0.4, -0.2) is 22.8 Å². The number of anilines is 1. The Balaban J connectivity index is 2.92. The molecule has 0 aromatic heterocycles. The Morgan fingerprint density at radius 3 is 2.50 bits per heavy atom. The van der Waals surface area contributed by atoms with Gasteiger partial charge in [-0.15, -0.1) is 0 Å².